The van der Waals surface area contributed by atoms with E-state index in [0.717, 1.165) is 15.4 Å². The molecule has 8 heteroatoms. The Morgan fingerprint density at radius 1 is 1.33 bits per heavy atom. The maximum absolute atomic E-state index is 12.4. The summed E-state index contributed by atoms with van der Waals surface area (Å²) in [6.45, 7) is 2.66. The zero-order valence-corrected chi connectivity index (χ0v) is 14.1. The van der Waals surface area contributed by atoms with Crippen molar-refractivity contribution in [2.75, 3.05) is 7.05 Å². The van der Waals surface area contributed by atoms with E-state index in [0.29, 0.717) is 6.54 Å². The molecule has 0 fully saturated rings. The molecule has 0 bridgehead atoms. The predicted octanol–water partition coefficient (Wildman–Crippen LogP) is 2.30. The van der Waals surface area contributed by atoms with Crippen LogP contribution in [-0.2, 0) is 23.1 Å². The number of hydrogen-bond donors (Lipinski definition) is 2. The molecule has 0 unspecified atom stereocenters. The van der Waals surface area contributed by atoms with E-state index in [1.807, 2.05) is 6.92 Å². The van der Waals surface area contributed by atoms with Crippen LogP contribution in [0, 0.1) is 6.92 Å². The van der Waals surface area contributed by atoms with E-state index in [-0.39, 0.29) is 16.5 Å². The molecule has 21 heavy (non-hydrogen) atoms. The highest BCUT2D eigenvalue weighted by atomic mass is 35.5. The van der Waals surface area contributed by atoms with Crippen LogP contribution in [0.2, 0.25) is 5.02 Å². The van der Waals surface area contributed by atoms with E-state index in [1.54, 1.807) is 31.4 Å². The summed E-state index contributed by atoms with van der Waals surface area (Å²) in [6, 6.07) is 4.98. The highest BCUT2D eigenvalue weighted by Gasteiger charge is 2.18. The summed E-state index contributed by atoms with van der Waals surface area (Å²) in [4.78, 5) is 5.05. The molecule has 0 aliphatic carbocycles. The van der Waals surface area contributed by atoms with Crippen LogP contribution >= 0.6 is 22.9 Å². The van der Waals surface area contributed by atoms with Crippen LogP contribution in [0.5, 0.6) is 0 Å². The van der Waals surface area contributed by atoms with Gasteiger partial charge in [-0.05, 0) is 31.7 Å². The molecular formula is C13H16ClN3O2S2. The standard InChI is InChI=1S/C13H16ClN3O2S2/c1-9-16-7-11(20-9)8-17-21(18,19)13-5-10(6-15-2)3-4-12(13)14/h3-5,7,15,17H,6,8H2,1-2H3. The van der Waals surface area contributed by atoms with Crippen molar-refractivity contribution >= 4 is 33.0 Å². The van der Waals surface area contributed by atoms with Crippen molar-refractivity contribution in [1.82, 2.24) is 15.0 Å². The highest BCUT2D eigenvalue weighted by molar-refractivity contribution is 7.89. The quantitative estimate of drug-likeness (QED) is 0.842. The van der Waals surface area contributed by atoms with E-state index in [9.17, 15) is 8.42 Å². The summed E-state index contributed by atoms with van der Waals surface area (Å²) < 4.78 is 27.3. The average molecular weight is 346 g/mol. The Labute approximate surface area is 133 Å². The Hall–Kier alpha value is -0.990. The maximum Gasteiger partial charge on any atom is 0.242 e. The lowest BCUT2D eigenvalue weighted by Gasteiger charge is -2.09. The molecule has 2 rings (SSSR count). The fraction of sp³-hybridized carbons (Fsp3) is 0.308. The molecule has 0 atom stereocenters. The van der Waals surface area contributed by atoms with Gasteiger partial charge in [-0.15, -0.1) is 11.3 Å². The van der Waals surface area contributed by atoms with Gasteiger partial charge in [0.15, 0.2) is 0 Å². The summed E-state index contributed by atoms with van der Waals surface area (Å²) in [5.41, 5.74) is 0.857. The van der Waals surface area contributed by atoms with Crippen LogP contribution in [0.4, 0.5) is 0 Å². The number of benzene rings is 1. The summed E-state index contributed by atoms with van der Waals surface area (Å²) in [6.07, 6.45) is 1.67. The van der Waals surface area contributed by atoms with Crippen molar-refractivity contribution in [3.63, 3.8) is 0 Å². The second kappa shape index (κ2) is 6.85. The zero-order valence-electron chi connectivity index (χ0n) is 11.7. The summed E-state index contributed by atoms with van der Waals surface area (Å²) >= 11 is 7.48. The van der Waals surface area contributed by atoms with Gasteiger partial charge in [-0.2, -0.15) is 0 Å². The van der Waals surface area contributed by atoms with Gasteiger partial charge in [0.1, 0.15) is 4.90 Å². The minimum atomic E-state index is -3.65. The summed E-state index contributed by atoms with van der Waals surface area (Å²) in [5.74, 6) is 0. The van der Waals surface area contributed by atoms with E-state index >= 15 is 0 Å². The van der Waals surface area contributed by atoms with Crippen LogP contribution < -0.4 is 10.0 Å². The number of aromatic nitrogens is 1. The van der Waals surface area contributed by atoms with Crippen LogP contribution in [0.1, 0.15) is 15.4 Å². The molecule has 1 heterocycles. The molecule has 5 nitrogen and oxygen atoms in total. The van der Waals surface area contributed by atoms with E-state index in [1.165, 1.54) is 11.3 Å². The Bertz CT molecular complexity index is 729. The average Bonchev–Trinajstić information content (AvgIpc) is 2.85. The van der Waals surface area contributed by atoms with Gasteiger partial charge in [-0.25, -0.2) is 18.1 Å². The largest absolute Gasteiger partial charge is 0.316 e. The molecule has 114 valence electrons. The van der Waals surface area contributed by atoms with Crippen LogP contribution in [0.3, 0.4) is 0 Å². The number of halogens is 1. The van der Waals surface area contributed by atoms with Crippen molar-refractivity contribution in [3.8, 4) is 0 Å². The molecule has 0 amide bonds. The third kappa shape index (κ3) is 4.24. The third-order valence-corrected chi connectivity index (χ3v) is 5.57. The second-order valence-corrected chi connectivity index (χ2v) is 7.93. The molecule has 1 aromatic carbocycles. The molecule has 0 radical (unpaired) electrons. The van der Waals surface area contributed by atoms with Crippen molar-refractivity contribution in [2.24, 2.45) is 0 Å². The lowest BCUT2D eigenvalue weighted by atomic mass is 10.2. The Morgan fingerprint density at radius 2 is 2.10 bits per heavy atom. The Balaban J connectivity index is 2.20. The van der Waals surface area contributed by atoms with Gasteiger partial charge in [-0.1, -0.05) is 17.7 Å². The molecule has 0 aliphatic heterocycles. The van der Waals surface area contributed by atoms with Crippen molar-refractivity contribution in [1.29, 1.82) is 0 Å². The number of rotatable bonds is 6. The topological polar surface area (TPSA) is 71.1 Å². The first-order valence-corrected chi connectivity index (χ1v) is 8.94. The van der Waals surface area contributed by atoms with Crippen molar-refractivity contribution in [2.45, 2.75) is 24.9 Å². The normalized spacial score (nSPS) is 11.8. The summed E-state index contributed by atoms with van der Waals surface area (Å²) in [5, 5.41) is 4.09. The van der Waals surface area contributed by atoms with E-state index in [2.05, 4.69) is 15.0 Å². The molecule has 0 aliphatic rings. The minimum absolute atomic E-state index is 0.0955. The van der Waals surface area contributed by atoms with Crippen LogP contribution in [-0.4, -0.2) is 20.4 Å². The first-order valence-electron chi connectivity index (χ1n) is 6.26. The molecule has 2 aromatic rings. The number of sulfonamides is 1. The lowest BCUT2D eigenvalue weighted by Crippen LogP contribution is -2.23. The van der Waals surface area contributed by atoms with Gasteiger partial charge in [0.2, 0.25) is 10.0 Å². The van der Waals surface area contributed by atoms with Gasteiger partial charge >= 0.3 is 0 Å². The highest BCUT2D eigenvalue weighted by Crippen LogP contribution is 2.23. The minimum Gasteiger partial charge on any atom is -0.316 e. The monoisotopic (exact) mass is 345 g/mol. The maximum atomic E-state index is 12.4. The molecule has 0 saturated heterocycles. The van der Waals surface area contributed by atoms with E-state index in [4.69, 9.17) is 11.6 Å². The van der Waals surface area contributed by atoms with Gasteiger partial charge < -0.3 is 5.32 Å². The smallest absolute Gasteiger partial charge is 0.242 e. The number of aryl methyl sites for hydroxylation is 1. The number of nitrogens with zero attached hydrogens (tertiary/aromatic N) is 1. The SMILES string of the molecule is CNCc1ccc(Cl)c(S(=O)(=O)NCc2cnc(C)s2)c1. The van der Waals surface area contributed by atoms with Crippen molar-refractivity contribution < 1.29 is 8.42 Å². The van der Waals surface area contributed by atoms with E-state index < -0.39 is 10.0 Å². The van der Waals surface area contributed by atoms with Gasteiger partial charge in [0.05, 0.1) is 10.0 Å². The van der Waals surface area contributed by atoms with Crippen LogP contribution in [0.25, 0.3) is 0 Å². The number of nitrogens with one attached hydrogen (secondary N) is 2. The lowest BCUT2D eigenvalue weighted by molar-refractivity contribution is 0.581. The van der Waals surface area contributed by atoms with Crippen molar-refractivity contribution in [3.05, 3.63) is 44.9 Å². The fourth-order valence-corrected chi connectivity index (χ4v) is 4.18. The fourth-order valence-electron chi connectivity index (χ4n) is 1.80. The molecule has 0 spiro atoms. The first-order chi connectivity index (χ1) is 9.92. The van der Waals surface area contributed by atoms with Gasteiger partial charge in [0.25, 0.3) is 0 Å². The van der Waals surface area contributed by atoms with Gasteiger partial charge in [-0.3, -0.25) is 0 Å². The summed E-state index contributed by atoms with van der Waals surface area (Å²) in [7, 11) is -1.85. The van der Waals surface area contributed by atoms with Gasteiger partial charge in [0, 0.05) is 24.2 Å². The molecule has 0 saturated carbocycles. The first kappa shape index (κ1) is 16.4. The molecular weight excluding hydrogens is 330 g/mol. The zero-order chi connectivity index (χ0) is 15.5. The Kier molecular flexibility index (Phi) is 5.34. The number of hydrogen-bond acceptors (Lipinski definition) is 5. The third-order valence-electron chi connectivity index (χ3n) is 2.77. The predicted molar refractivity (Wildman–Crippen MR) is 85.1 cm³/mol. The molecule has 1 aromatic heterocycles. The second-order valence-electron chi connectivity index (χ2n) is 4.47. The van der Waals surface area contributed by atoms with Crippen LogP contribution in [0.15, 0.2) is 29.3 Å². The number of thiazole rings is 1. The Morgan fingerprint density at radius 3 is 2.71 bits per heavy atom. The molecule has 2 N–H and O–H groups in total.